The number of alkyl halides is 3. The van der Waals surface area contributed by atoms with Gasteiger partial charge in [0.05, 0.1) is 5.56 Å². The van der Waals surface area contributed by atoms with Crippen molar-refractivity contribution in [2.75, 3.05) is 6.54 Å². The van der Waals surface area contributed by atoms with Gasteiger partial charge in [-0.3, -0.25) is 0 Å². The molecule has 1 amide bonds. The summed E-state index contributed by atoms with van der Waals surface area (Å²) in [6.45, 7) is 2.27. The van der Waals surface area contributed by atoms with Crippen LogP contribution in [0.25, 0.3) is 0 Å². The summed E-state index contributed by atoms with van der Waals surface area (Å²) in [6, 6.07) is 8.20. The van der Waals surface area contributed by atoms with Crippen molar-refractivity contribution >= 4 is 58.8 Å². The van der Waals surface area contributed by atoms with Crippen LogP contribution in [-0.4, -0.2) is 26.0 Å². The number of unbranched alkanes of at least 4 members (excludes halogenated alkanes) is 1. The van der Waals surface area contributed by atoms with Gasteiger partial charge in [-0.05, 0) is 18.6 Å². The molecule has 1 aromatic rings. The maximum absolute atomic E-state index is 12.0. The Morgan fingerprint density at radius 1 is 1.24 bits per heavy atom. The Kier molecular flexibility index (Phi) is 7.66. The summed E-state index contributed by atoms with van der Waals surface area (Å²) in [7, 11) is 0. The van der Waals surface area contributed by atoms with Gasteiger partial charge in [-0.25, -0.2) is 13.9 Å². The number of carbonyl (C=O) groups is 2. The molecule has 21 heavy (non-hydrogen) atoms. The number of rotatable bonds is 5. The number of halogens is 3. The molecule has 0 fully saturated rings. The molecule has 0 aliphatic rings. The van der Waals surface area contributed by atoms with Crippen molar-refractivity contribution in [3.05, 3.63) is 35.9 Å². The van der Waals surface area contributed by atoms with Crippen molar-refractivity contribution in [2.24, 2.45) is 0 Å². The second-order valence-corrected chi connectivity index (χ2v) is 8.20. The summed E-state index contributed by atoms with van der Waals surface area (Å²) < 4.78 is 4.22. The minimum atomic E-state index is -1.71. The first-order chi connectivity index (χ1) is 9.83. The number of esters is 1. The molecule has 1 aromatic carbocycles. The van der Waals surface area contributed by atoms with Gasteiger partial charge in [0.1, 0.15) is 0 Å². The average Bonchev–Trinajstić information content (AvgIpc) is 2.43. The number of carbonyl (C=O) groups excluding carboxylic acids is 2. The van der Waals surface area contributed by atoms with Crippen LogP contribution in [0, 0.1) is 0 Å². The maximum atomic E-state index is 12.0. The minimum absolute atomic E-state index is 0.278. The summed E-state index contributed by atoms with van der Waals surface area (Å²) in [5.74, 6) is -0.744. The van der Waals surface area contributed by atoms with Gasteiger partial charge in [-0.1, -0.05) is 66.3 Å². The van der Waals surface area contributed by atoms with Crippen LogP contribution in [0.3, 0.4) is 0 Å². The molecule has 0 atom stereocenters. The lowest BCUT2D eigenvalue weighted by Crippen LogP contribution is -2.30. The fourth-order valence-corrected chi connectivity index (χ4v) is 2.70. The van der Waals surface area contributed by atoms with E-state index in [1.165, 1.54) is 0 Å². The molecular weight excluding hydrogens is 357 g/mol. The maximum Gasteiger partial charge on any atom is 0.427 e. The highest BCUT2D eigenvalue weighted by Gasteiger charge is 2.30. The van der Waals surface area contributed by atoms with E-state index in [1.807, 2.05) is 6.92 Å². The molecule has 1 rings (SSSR count). The van der Waals surface area contributed by atoms with Crippen LogP contribution in [0.15, 0.2) is 30.3 Å². The normalized spacial score (nSPS) is 11.0. The summed E-state index contributed by atoms with van der Waals surface area (Å²) in [5.41, 5.74) is 0.278. The second-order valence-electron chi connectivity index (χ2n) is 4.01. The van der Waals surface area contributed by atoms with Gasteiger partial charge >= 0.3 is 12.1 Å². The fraction of sp³-hybridized carbons (Fsp3) is 0.385. The van der Waals surface area contributed by atoms with Crippen LogP contribution in [-0.2, 0) is 4.74 Å². The van der Waals surface area contributed by atoms with Gasteiger partial charge in [0.2, 0.25) is 0 Å². The fourth-order valence-electron chi connectivity index (χ4n) is 1.36. The molecule has 0 aliphatic carbocycles. The molecule has 0 radical (unpaired) electrons. The largest absolute Gasteiger partial charge is 0.427 e. The molecule has 0 saturated heterocycles. The van der Waals surface area contributed by atoms with Crippen LogP contribution >= 0.6 is 46.8 Å². The Balaban J connectivity index is 2.69. The van der Waals surface area contributed by atoms with Crippen LogP contribution < -0.4 is 0 Å². The van der Waals surface area contributed by atoms with Gasteiger partial charge in [-0.2, -0.15) is 0 Å². The molecule has 0 unspecified atom stereocenters. The molecule has 4 nitrogen and oxygen atoms in total. The number of hydrogen-bond acceptors (Lipinski definition) is 4. The van der Waals surface area contributed by atoms with E-state index in [-0.39, 0.29) is 5.56 Å². The second kappa shape index (κ2) is 8.73. The Labute approximate surface area is 142 Å². The van der Waals surface area contributed by atoms with Crippen LogP contribution in [0.5, 0.6) is 0 Å². The molecule has 116 valence electrons. The summed E-state index contributed by atoms with van der Waals surface area (Å²) in [6.07, 6.45) is 0.688. The smallest absolute Gasteiger partial charge is 0.372 e. The Bertz CT molecular complexity index is 479. The third-order valence-corrected chi connectivity index (χ3v) is 3.70. The average molecular weight is 371 g/mol. The zero-order valence-electron chi connectivity index (χ0n) is 11.2. The number of nitrogens with zero attached hydrogens (tertiary/aromatic N) is 1. The van der Waals surface area contributed by atoms with E-state index >= 15 is 0 Å². The summed E-state index contributed by atoms with van der Waals surface area (Å²) in [4.78, 5) is 23.8. The lowest BCUT2D eigenvalue weighted by atomic mass is 10.2. The standard InChI is InChI=1S/C13H14Cl3NO3S/c1-2-3-9-17(21-13(14,15)16)12(19)20-11(18)10-7-5-4-6-8-10/h4-8H,2-3,9H2,1H3. The van der Waals surface area contributed by atoms with Crippen molar-refractivity contribution < 1.29 is 14.3 Å². The topological polar surface area (TPSA) is 46.6 Å². The van der Waals surface area contributed by atoms with Crippen molar-refractivity contribution in [3.63, 3.8) is 0 Å². The predicted molar refractivity (Wildman–Crippen MR) is 86.7 cm³/mol. The van der Waals surface area contributed by atoms with Gasteiger partial charge in [0, 0.05) is 18.5 Å². The van der Waals surface area contributed by atoms with Gasteiger partial charge in [0.15, 0.2) is 0 Å². The monoisotopic (exact) mass is 369 g/mol. The van der Waals surface area contributed by atoms with Crippen molar-refractivity contribution in [1.29, 1.82) is 0 Å². The minimum Gasteiger partial charge on any atom is -0.372 e. The first kappa shape index (κ1) is 18.4. The lowest BCUT2D eigenvalue weighted by Gasteiger charge is -2.23. The summed E-state index contributed by atoms with van der Waals surface area (Å²) in [5, 5.41) is 0. The van der Waals surface area contributed by atoms with Gasteiger partial charge in [0.25, 0.3) is 3.12 Å². The number of benzene rings is 1. The number of hydrogen-bond donors (Lipinski definition) is 0. The third kappa shape index (κ3) is 7.27. The van der Waals surface area contributed by atoms with Gasteiger partial charge < -0.3 is 4.74 Å². The van der Waals surface area contributed by atoms with Gasteiger partial charge in [-0.15, -0.1) is 0 Å². The number of ether oxygens (including phenoxy) is 1. The number of amides is 1. The quantitative estimate of drug-likeness (QED) is 0.315. The van der Waals surface area contributed by atoms with Crippen molar-refractivity contribution in [1.82, 2.24) is 4.31 Å². The molecule has 0 aromatic heterocycles. The zero-order chi connectivity index (χ0) is 15.9. The predicted octanol–water partition coefficient (Wildman–Crippen LogP) is 5.04. The highest BCUT2D eigenvalue weighted by atomic mass is 35.6. The SMILES string of the molecule is CCCCN(SC(Cl)(Cl)Cl)C(=O)OC(=O)c1ccccc1. The molecule has 0 spiro atoms. The van der Waals surface area contributed by atoms with Crippen molar-refractivity contribution in [2.45, 2.75) is 22.9 Å². The van der Waals surface area contributed by atoms with E-state index in [0.29, 0.717) is 24.9 Å². The van der Waals surface area contributed by atoms with Crippen LogP contribution in [0.4, 0.5) is 4.79 Å². The van der Waals surface area contributed by atoms with Crippen LogP contribution in [0.1, 0.15) is 30.1 Å². The Morgan fingerprint density at radius 3 is 2.38 bits per heavy atom. The summed E-state index contributed by atoms with van der Waals surface area (Å²) >= 11 is 17.7. The highest BCUT2D eigenvalue weighted by Crippen LogP contribution is 2.41. The Morgan fingerprint density at radius 2 is 1.86 bits per heavy atom. The molecular formula is C13H14Cl3NO3S. The lowest BCUT2D eigenvalue weighted by molar-refractivity contribution is 0.0592. The first-order valence-corrected chi connectivity index (χ1v) is 8.09. The van der Waals surface area contributed by atoms with E-state index in [9.17, 15) is 9.59 Å². The Hall–Kier alpha value is -0.620. The van der Waals surface area contributed by atoms with Crippen molar-refractivity contribution in [3.8, 4) is 0 Å². The van der Waals surface area contributed by atoms with E-state index in [2.05, 4.69) is 0 Å². The highest BCUT2D eigenvalue weighted by molar-refractivity contribution is 8.03. The zero-order valence-corrected chi connectivity index (χ0v) is 14.3. The molecule has 0 N–H and O–H groups in total. The van der Waals surface area contributed by atoms with E-state index < -0.39 is 15.2 Å². The molecule has 0 saturated carbocycles. The van der Waals surface area contributed by atoms with Crippen LogP contribution in [0.2, 0.25) is 0 Å². The molecule has 0 heterocycles. The van der Waals surface area contributed by atoms with E-state index in [4.69, 9.17) is 39.5 Å². The molecule has 8 heteroatoms. The molecule has 0 aliphatic heterocycles. The van der Waals surface area contributed by atoms with E-state index in [1.54, 1.807) is 30.3 Å². The molecule has 0 bridgehead atoms. The third-order valence-electron chi connectivity index (χ3n) is 2.32. The van der Waals surface area contributed by atoms with E-state index in [0.717, 1.165) is 10.7 Å². The first-order valence-electron chi connectivity index (χ1n) is 6.18.